The van der Waals surface area contributed by atoms with Gasteiger partial charge in [-0.3, -0.25) is 9.59 Å². The van der Waals surface area contributed by atoms with Gasteiger partial charge in [0, 0.05) is 35.3 Å². The van der Waals surface area contributed by atoms with Gasteiger partial charge < -0.3 is 15.2 Å². The molecule has 4 heterocycles. The maximum Gasteiger partial charge on any atom is 0.254 e. The Kier molecular flexibility index (Phi) is 6.13. The van der Waals surface area contributed by atoms with Crippen molar-refractivity contribution in [3.63, 3.8) is 0 Å². The van der Waals surface area contributed by atoms with E-state index >= 15 is 0 Å². The van der Waals surface area contributed by atoms with Gasteiger partial charge in [0.05, 0.1) is 6.04 Å². The van der Waals surface area contributed by atoms with Gasteiger partial charge in [0.1, 0.15) is 16.6 Å². The van der Waals surface area contributed by atoms with Crippen molar-refractivity contribution in [1.29, 1.82) is 0 Å². The standard InChI is InChI=1S/C26H28ClN5O2/c1-3-18-11-17(12-19(4-2)32(18)26(34)16-7-9-28-22(27)13-16)21-14-23(31-25(33)15-5-6-15)30-24-20(21)8-10-29-24/h7-11,13-15,18-19H,3-6,12H2,1-2H3,(H2,29,30,31,33). The van der Waals surface area contributed by atoms with E-state index in [-0.39, 0.29) is 29.8 Å². The summed E-state index contributed by atoms with van der Waals surface area (Å²) in [6.07, 6.45) is 9.85. The zero-order chi connectivity index (χ0) is 23.8. The van der Waals surface area contributed by atoms with Gasteiger partial charge in [-0.15, -0.1) is 0 Å². The lowest BCUT2D eigenvalue weighted by Gasteiger charge is -2.41. The second kappa shape index (κ2) is 9.22. The summed E-state index contributed by atoms with van der Waals surface area (Å²) < 4.78 is 0. The number of amides is 2. The fraction of sp³-hybridized carbons (Fsp3) is 0.385. The first kappa shape index (κ1) is 22.6. The molecule has 0 spiro atoms. The molecule has 34 heavy (non-hydrogen) atoms. The average Bonchev–Trinajstić information content (AvgIpc) is 3.60. The van der Waals surface area contributed by atoms with E-state index in [1.807, 2.05) is 23.2 Å². The number of hydrogen-bond acceptors (Lipinski definition) is 4. The Hall–Kier alpha value is -3.19. The predicted molar refractivity (Wildman–Crippen MR) is 134 cm³/mol. The van der Waals surface area contributed by atoms with Crippen LogP contribution < -0.4 is 5.32 Å². The molecule has 7 nitrogen and oxygen atoms in total. The van der Waals surface area contributed by atoms with Crippen molar-refractivity contribution >= 4 is 45.8 Å². The van der Waals surface area contributed by atoms with Gasteiger partial charge in [-0.1, -0.05) is 31.5 Å². The predicted octanol–water partition coefficient (Wildman–Crippen LogP) is 5.45. The Morgan fingerprint density at radius 2 is 2.03 bits per heavy atom. The molecule has 8 heteroatoms. The lowest BCUT2D eigenvalue weighted by atomic mass is 9.87. The second-order valence-corrected chi connectivity index (χ2v) is 9.46. The normalized spacial score (nSPS) is 20.3. The molecule has 1 aliphatic heterocycles. The molecule has 5 rings (SSSR count). The highest BCUT2D eigenvalue weighted by atomic mass is 35.5. The number of carbonyl (C=O) groups is 2. The average molecular weight is 478 g/mol. The molecule has 0 saturated heterocycles. The molecule has 2 atom stereocenters. The third-order valence-corrected chi connectivity index (χ3v) is 6.98. The zero-order valence-electron chi connectivity index (χ0n) is 19.3. The lowest BCUT2D eigenvalue weighted by Crippen LogP contribution is -2.48. The third-order valence-electron chi connectivity index (χ3n) is 6.77. The monoisotopic (exact) mass is 477 g/mol. The van der Waals surface area contributed by atoms with Crippen LogP contribution in [0.25, 0.3) is 16.6 Å². The van der Waals surface area contributed by atoms with E-state index in [9.17, 15) is 9.59 Å². The molecular formula is C26H28ClN5O2. The van der Waals surface area contributed by atoms with E-state index in [2.05, 4.69) is 40.2 Å². The summed E-state index contributed by atoms with van der Waals surface area (Å²) in [6, 6.07) is 7.32. The van der Waals surface area contributed by atoms with Crippen LogP contribution in [0.3, 0.4) is 0 Å². The van der Waals surface area contributed by atoms with Gasteiger partial charge >= 0.3 is 0 Å². The van der Waals surface area contributed by atoms with Crippen LogP contribution >= 0.6 is 11.6 Å². The molecule has 0 radical (unpaired) electrons. The Morgan fingerprint density at radius 3 is 2.74 bits per heavy atom. The van der Waals surface area contributed by atoms with E-state index < -0.39 is 0 Å². The van der Waals surface area contributed by atoms with Gasteiger partial charge in [0.2, 0.25) is 5.91 Å². The number of nitrogens with one attached hydrogen (secondary N) is 2. The van der Waals surface area contributed by atoms with Crippen LogP contribution in [0.4, 0.5) is 5.82 Å². The van der Waals surface area contributed by atoms with Crippen molar-refractivity contribution in [2.45, 2.75) is 58.0 Å². The summed E-state index contributed by atoms with van der Waals surface area (Å²) in [5.41, 5.74) is 3.52. The first-order valence-corrected chi connectivity index (χ1v) is 12.3. The first-order chi connectivity index (χ1) is 16.5. The van der Waals surface area contributed by atoms with Gasteiger partial charge in [-0.25, -0.2) is 9.97 Å². The molecule has 2 amide bonds. The summed E-state index contributed by atoms with van der Waals surface area (Å²) in [5, 5.41) is 4.32. The number of pyridine rings is 2. The summed E-state index contributed by atoms with van der Waals surface area (Å²) in [4.78, 5) is 39.7. The van der Waals surface area contributed by atoms with Crippen molar-refractivity contribution < 1.29 is 9.59 Å². The quantitative estimate of drug-likeness (QED) is 0.462. The largest absolute Gasteiger partial charge is 0.346 e. The molecule has 0 bridgehead atoms. The Morgan fingerprint density at radius 1 is 1.21 bits per heavy atom. The van der Waals surface area contributed by atoms with Crippen LogP contribution in [0, 0.1) is 5.92 Å². The third kappa shape index (κ3) is 4.32. The van der Waals surface area contributed by atoms with Crippen LogP contribution in [0.5, 0.6) is 0 Å². The smallest absolute Gasteiger partial charge is 0.254 e. The molecular weight excluding hydrogens is 450 g/mol. The minimum atomic E-state index is -0.0557. The van der Waals surface area contributed by atoms with Crippen LogP contribution in [0.1, 0.15) is 61.9 Å². The van der Waals surface area contributed by atoms with E-state index in [0.717, 1.165) is 48.7 Å². The fourth-order valence-corrected chi connectivity index (χ4v) is 4.97. The van der Waals surface area contributed by atoms with Crippen molar-refractivity contribution in [1.82, 2.24) is 19.9 Å². The summed E-state index contributed by atoms with van der Waals surface area (Å²) in [6.45, 7) is 4.20. The topological polar surface area (TPSA) is 91.0 Å². The van der Waals surface area contributed by atoms with Gasteiger partial charge in [-0.2, -0.15) is 0 Å². The molecule has 3 aromatic heterocycles. The Bertz CT molecular complexity index is 1280. The van der Waals surface area contributed by atoms with Gasteiger partial charge in [-0.05, 0) is 67.5 Å². The van der Waals surface area contributed by atoms with E-state index in [0.29, 0.717) is 16.5 Å². The highest BCUT2D eigenvalue weighted by Crippen LogP contribution is 2.37. The molecule has 2 unspecified atom stereocenters. The van der Waals surface area contributed by atoms with Crippen LogP contribution in [-0.4, -0.2) is 43.7 Å². The maximum atomic E-state index is 13.5. The lowest BCUT2D eigenvalue weighted by molar-refractivity contribution is -0.117. The van der Waals surface area contributed by atoms with Gasteiger partial charge in [0.15, 0.2) is 0 Å². The highest BCUT2D eigenvalue weighted by molar-refractivity contribution is 6.29. The summed E-state index contributed by atoms with van der Waals surface area (Å²) in [5.74, 6) is 0.673. The molecule has 1 fully saturated rings. The number of aromatic nitrogens is 3. The minimum Gasteiger partial charge on any atom is -0.346 e. The second-order valence-electron chi connectivity index (χ2n) is 9.07. The number of carbonyl (C=O) groups excluding carboxylic acids is 2. The first-order valence-electron chi connectivity index (χ1n) is 11.9. The summed E-state index contributed by atoms with van der Waals surface area (Å²) in [7, 11) is 0. The van der Waals surface area contributed by atoms with E-state index in [1.54, 1.807) is 18.3 Å². The van der Waals surface area contributed by atoms with E-state index in [4.69, 9.17) is 11.6 Å². The number of H-pyrrole nitrogens is 1. The minimum absolute atomic E-state index is 0.0304. The van der Waals surface area contributed by atoms with Gasteiger partial charge in [0.25, 0.3) is 5.91 Å². The fourth-order valence-electron chi connectivity index (χ4n) is 4.80. The van der Waals surface area contributed by atoms with Crippen LogP contribution in [-0.2, 0) is 4.79 Å². The molecule has 1 aliphatic carbocycles. The van der Waals surface area contributed by atoms with Crippen LogP contribution in [0.15, 0.2) is 42.7 Å². The van der Waals surface area contributed by atoms with Crippen molar-refractivity contribution in [3.05, 3.63) is 59.0 Å². The molecule has 176 valence electrons. The SMILES string of the molecule is CCC1C=C(c2cc(NC(=O)C3CC3)nc3[nH]ccc23)CC(CC)N1C(=O)c1ccnc(Cl)c1. The van der Waals surface area contributed by atoms with Crippen molar-refractivity contribution in [3.8, 4) is 0 Å². The molecule has 1 saturated carbocycles. The Balaban J connectivity index is 1.52. The highest BCUT2D eigenvalue weighted by Gasteiger charge is 2.34. The van der Waals surface area contributed by atoms with Crippen molar-refractivity contribution in [2.24, 2.45) is 5.92 Å². The molecule has 3 aromatic rings. The molecule has 0 aromatic carbocycles. The number of hydrogen-bond donors (Lipinski definition) is 2. The number of anilines is 1. The van der Waals surface area contributed by atoms with Crippen LogP contribution in [0.2, 0.25) is 5.15 Å². The number of halogens is 1. The number of aromatic amines is 1. The molecule has 2 N–H and O–H groups in total. The maximum absolute atomic E-state index is 13.5. The van der Waals surface area contributed by atoms with E-state index in [1.165, 1.54) is 5.57 Å². The van der Waals surface area contributed by atoms with Crippen molar-refractivity contribution in [2.75, 3.05) is 5.32 Å². The zero-order valence-corrected chi connectivity index (χ0v) is 20.1. The molecule has 2 aliphatic rings. The summed E-state index contributed by atoms with van der Waals surface area (Å²) >= 11 is 6.06. The number of nitrogens with zero attached hydrogens (tertiary/aromatic N) is 3. The number of fused-ring (bicyclic) bond motifs is 1. The number of rotatable bonds is 6. The Labute approximate surface area is 203 Å².